The first kappa shape index (κ1) is 15.8. The lowest BCUT2D eigenvalue weighted by Gasteiger charge is -2.35. The molecule has 2 aliphatic heterocycles. The number of hydrogen-bond acceptors (Lipinski definition) is 3. The highest BCUT2D eigenvalue weighted by molar-refractivity contribution is 6.35. The summed E-state index contributed by atoms with van der Waals surface area (Å²) in [7, 11) is 0. The van der Waals surface area contributed by atoms with Crippen LogP contribution in [0, 0.1) is 5.92 Å². The van der Waals surface area contributed by atoms with Crippen molar-refractivity contribution in [3.63, 3.8) is 0 Å². The summed E-state index contributed by atoms with van der Waals surface area (Å²) in [5.41, 5.74) is 0. The van der Waals surface area contributed by atoms with Crippen molar-refractivity contribution in [3.05, 3.63) is 0 Å². The van der Waals surface area contributed by atoms with Gasteiger partial charge in [0.25, 0.3) is 0 Å². The van der Waals surface area contributed by atoms with Crippen LogP contribution < -0.4 is 0 Å². The highest BCUT2D eigenvalue weighted by atomic mass is 16.2. The third-order valence-electron chi connectivity index (χ3n) is 4.08. The predicted octanol–water partition coefficient (Wildman–Crippen LogP) is 0.326. The summed E-state index contributed by atoms with van der Waals surface area (Å²) >= 11 is 0. The van der Waals surface area contributed by atoms with Crippen molar-refractivity contribution in [1.29, 1.82) is 0 Å². The Kier molecular flexibility index (Phi) is 5.20. The summed E-state index contributed by atoms with van der Waals surface area (Å²) in [6.45, 7) is 7.41. The molecular weight excluding hydrogens is 270 g/mol. The Morgan fingerprint density at radius 2 is 1.19 bits per heavy atom. The van der Waals surface area contributed by atoms with E-state index < -0.39 is 5.91 Å². The molecule has 0 atom stereocenters. The molecule has 0 aliphatic carbocycles. The second-order valence-corrected chi connectivity index (χ2v) is 6.27. The molecule has 2 saturated heterocycles. The zero-order valence-corrected chi connectivity index (χ0v) is 13.0. The highest BCUT2D eigenvalue weighted by Crippen LogP contribution is 2.11. The molecule has 0 spiro atoms. The van der Waals surface area contributed by atoms with E-state index in [0.717, 1.165) is 12.8 Å². The van der Waals surface area contributed by atoms with Crippen molar-refractivity contribution in [3.8, 4) is 0 Å². The quantitative estimate of drug-likeness (QED) is 0.690. The number of nitrogens with zero attached hydrogens (tertiary/aromatic N) is 3. The number of carbonyl (C=O) groups is 3. The smallest absolute Gasteiger partial charge is 0.312 e. The van der Waals surface area contributed by atoms with Gasteiger partial charge in [0, 0.05) is 45.7 Å². The summed E-state index contributed by atoms with van der Waals surface area (Å²) in [6.07, 6.45) is 2.51. The van der Waals surface area contributed by atoms with E-state index in [-0.39, 0.29) is 11.8 Å². The molecule has 0 unspecified atom stereocenters. The molecule has 21 heavy (non-hydrogen) atoms. The van der Waals surface area contributed by atoms with E-state index in [4.69, 9.17) is 0 Å². The van der Waals surface area contributed by atoms with E-state index in [2.05, 4.69) is 0 Å². The third-order valence-corrected chi connectivity index (χ3v) is 4.08. The zero-order chi connectivity index (χ0) is 15.4. The molecular formula is C15H25N3O3. The maximum atomic E-state index is 12.2. The molecule has 6 heteroatoms. The van der Waals surface area contributed by atoms with Crippen LogP contribution in [0.4, 0.5) is 0 Å². The molecule has 2 fully saturated rings. The Morgan fingerprint density at radius 3 is 1.67 bits per heavy atom. The second kappa shape index (κ2) is 6.91. The standard InChI is InChI=1S/C15H25N3O3/c1-12(2)11-13(19)16-7-9-18(10-8-16)15(21)14(20)17-5-3-4-6-17/h12H,3-11H2,1-2H3. The average Bonchev–Trinajstić information content (AvgIpc) is 2.99. The lowest BCUT2D eigenvalue weighted by atomic mass is 10.1. The summed E-state index contributed by atoms with van der Waals surface area (Å²) in [5, 5.41) is 0. The van der Waals surface area contributed by atoms with E-state index in [1.54, 1.807) is 14.7 Å². The van der Waals surface area contributed by atoms with Crippen LogP contribution in [-0.4, -0.2) is 71.7 Å². The molecule has 0 bridgehead atoms. The summed E-state index contributed by atoms with van der Waals surface area (Å²) < 4.78 is 0. The number of amides is 3. The van der Waals surface area contributed by atoms with Gasteiger partial charge in [-0.2, -0.15) is 0 Å². The van der Waals surface area contributed by atoms with E-state index >= 15 is 0 Å². The average molecular weight is 295 g/mol. The normalized spacial score (nSPS) is 19.3. The Hall–Kier alpha value is -1.59. The van der Waals surface area contributed by atoms with Crippen LogP contribution in [0.25, 0.3) is 0 Å². The summed E-state index contributed by atoms with van der Waals surface area (Å²) in [5.74, 6) is -0.306. The van der Waals surface area contributed by atoms with Crippen LogP contribution in [0.15, 0.2) is 0 Å². The van der Waals surface area contributed by atoms with Gasteiger partial charge in [-0.3, -0.25) is 14.4 Å². The van der Waals surface area contributed by atoms with Gasteiger partial charge in [0.15, 0.2) is 0 Å². The summed E-state index contributed by atoms with van der Waals surface area (Å²) in [4.78, 5) is 41.2. The highest BCUT2D eigenvalue weighted by Gasteiger charge is 2.31. The SMILES string of the molecule is CC(C)CC(=O)N1CCN(C(=O)C(=O)N2CCCC2)CC1. The van der Waals surface area contributed by atoms with Gasteiger partial charge in [-0.25, -0.2) is 0 Å². The van der Waals surface area contributed by atoms with E-state index in [1.165, 1.54) is 0 Å². The first-order valence-corrected chi connectivity index (χ1v) is 7.85. The van der Waals surface area contributed by atoms with E-state index in [0.29, 0.717) is 51.6 Å². The van der Waals surface area contributed by atoms with Crippen LogP contribution in [0.1, 0.15) is 33.1 Å². The van der Waals surface area contributed by atoms with Crippen LogP contribution >= 0.6 is 0 Å². The number of likely N-dealkylation sites (tertiary alicyclic amines) is 1. The van der Waals surface area contributed by atoms with Crippen molar-refractivity contribution in [2.24, 2.45) is 5.92 Å². The maximum absolute atomic E-state index is 12.2. The Bertz CT molecular complexity index is 408. The first-order valence-electron chi connectivity index (χ1n) is 7.85. The van der Waals surface area contributed by atoms with Gasteiger partial charge in [0.05, 0.1) is 0 Å². The van der Waals surface area contributed by atoms with Crippen LogP contribution in [-0.2, 0) is 14.4 Å². The van der Waals surface area contributed by atoms with Crippen LogP contribution in [0.3, 0.4) is 0 Å². The van der Waals surface area contributed by atoms with Gasteiger partial charge < -0.3 is 14.7 Å². The van der Waals surface area contributed by atoms with E-state index in [9.17, 15) is 14.4 Å². The second-order valence-electron chi connectivity index (χ2n) is 6.27. The minimum absolute atomic E-state index is 0.142. The molecule has 0 N–H and O–H groups in total. The number of carbonyl (C=O) groups excluding carboxylic acids is 3. The molecule has 118 valence electrons. The minimum atomic E-state index is -0.409. The van der Waals surface area contributed by atoms with Crippen molar-refractivity contribution >= 4 is 17.7 Å². The van der Waals surface area contributed by atoms with Gasteiger partial charge in [-0.1, -0.05) is 13.8 Å². The van der Waals surface area contributed by atoms with Crippen molar-refractivity contribution < 1.29 is 14.4 Å². The molecule has 2 aliphatic rings. The fourth-order valence-electron chi connectivity index (χ4n) is 2.83. The van der Waals surface area contributed by atoms with Crippen molar-refractivity contribution in [2.45, 2.75) is 33.1 Å². The molecule has 0 saturated carbocycles. The molecule has 3 amide bonds. The molecule has 2 heterocycles. The van der Waals surface area contributed by atoms with Crippen LogP contribution in [0.5, 0.6) is 0 Å². The predicted molar refractivity (Wildman–Crippen MR) is 78.4 cm³/mol. The van der Waals surface area contributed by atoms with Gasteiger partial charge in [-0.05, 0) is 18.8 Å². The van der Waals surface area contributed by atoms with Gasteiger partial charge >= 0.3 is 11.8 Å². The third kappa shape index (κ3) is 3.95. The Morgan fingerprint density at radius 1 is 0.762 bits per heavy atom. The number of rotatable bonds is 2. The molecule has 0 radical (unpaired) electrons. The minimum Gasteiger partial charge on any atom is -0.339 e. The molecule has 2 rings (SSSR count). The lowest BCUT2D eigenvalue weighted by Crippen LogP contribution is -2.54. The fourth-order valence-corrected chi connectivity index (χ4v) is 2.83. The van der Waals surface area contributed by atoms with Gasteiger partial charge in [0.2, 0.25) is 5.91 Å². The number of piperazine rings is 1. The maximum Gasteiger partial charge on any atom is 0.312 e. The topological polar surface area (TPSA) is 60.9 Å². The van der Waals surface area contributed by atoms with Crippen molar-refractivity contribution in [1.82, 2.24) is 14.7 Å². The lowest BCUT2D eigenvalue weighted by molar-refractivity contribution is -0.153. The van der Waals surface area contributed by atoms with Gasteiger partial charge in [0.1, 0.15) is 0 Å². The summed E-state index contributed by atoms with van der Waals surface area (Å²) in [6, 6.07) is 0. The molecule has 0 aromatic carbocycles. The fraction of sp³-hybridized carbons (Fsp3) is 0.800. The first-order chi connectivity index (χ1) is 9.99. The van der Waals surface area contributed by atoms with Crippen molar-refractivity contribution in [2.75, 3.05) is 39.3 Å². The Labute approximate surface area is 126 Å². The molecule has 0 aromatic rings. The zero-order valence-electron chi connectivity index (χ0n) is 13.0. The molecule has 0 aromatic heterocycles. The van der Waals surface area contributed by atoms with E-state index in [1.807, 2.05) is 13.8 Å². The largest absolute Gasteiger partial charge is 0.339 e. The monoisotopic (exact) mass is 295 g/mol. The number of hydrogen-bond donors (Lipinski definition) is 0. The molecule has 6 nitrogen and oxygen atoms in total. The Balaban J connectivity index is 1.81. The van der Waals surface area contributed by atoms with Crippen LogP contribution in [0.2, 0.25) is 0 Å². The van der Waals surface area contributed by atoms with Gasteiger partial charge in [-0.15, -0.1) is 0 Å².